The maximum atomic E-state index is 13.0. The van der Waals surface area contributed by atoms with Gasteiger partial charge in [-0.2, -0.15) is 22.7 Å². The predicted molar refractivity (Wildman–Crippen MR) is 84.5 cm³/mol. The summed E-state index contributed by atoms with van der Waals surface area (Å²) in [4.78, 5) is 11.8. The number of nitrogens with zero attached hydrogens (tertiary/aromatic N) is 5. The first-order valence-electron chi connectivity index (χ1n) is 7.33. The second kappa shape index (κ2) is 5.66. The van der Waals surface area contributed by atoms with Gasteiger partial charge in [0.05, 0.1) is 11.4 Å². The van der Waals surface area contributed by atoms with Gasteiger partial charge < -0.3 is 0 Å². The molecule has 5 nitrogen and oxygen atoms in total. The molecule has 1 aromatic carbocycles. The third-order valence-corrected chi connectivity index (χ3v) is 3.59. The summed E-state index contributed by atoms with van der Waals surface area (Å²) >= 11 is 0. The topological polar surface area (TPSA) is 56.0 Å². The minimum Gasteiger partial charge on any atom is -0.264 e. The van der Waals surface area contributed by atoms with Crippen molar-refractivity contribution in [3.05, 3.63) is 66.7 Å². The van der Waals surface area contributed by atoms with Crippen LogP contribution in [0.1, 0.15) is 5.82 Å². The number of rotatable bonds is 2. The van der Waals surface area contributed by atoms with E-state index < -0.39 is 12.0 Å². The first kappa shape index (κ1) is 15.3. The fourth-order valence-corrected chi connectivity index (χ4v) is 2.47. The number of hydrogen-bond donors (Lipinski definition) is 0. The zero-order valence-corrected chi connectivity index (χ0v) is 12.6. The summed E-state index contributed by atoms with van der Waals surface area (Å²) in [6.07, 6.45) is -1.51. The molecule has 3 aromatic heterocycles. The van der Waals surface area contributed by atoms with Gasteiger partial charge in [-0.3, -0.25) is 4.98 Å². The molecule has 0 bridgehead atoms. The van der Waals surface area contributed by atoms with Gasteiger partial charge in [0.15, 0.2) is 0 Å². The highest BCUT2D eigenvalue weighted by atomic mass is 19.4. The van der Waals surface area contributed by atoms with Gasteiger partial charge in [0.2, 0.25) is 0 Å². The molecule has 8 heteroatoms. The molecular weight excluding hydrogens is 331 g/mol. The van der Waals surface area contributed by atoms with Crippen molar-refractivity contribution < 1.29 is 13.2 Å². The van der Waals surface area contributed by atoms with Crippen LogP contribution in [0, 0.1) is 0 Å². The van der Waals surface area contributed by atoms with Crippen LogP contribution in [0.2, 0.25) is 0 Å². The molecule has 0 fully saturated rings. The standard InChI is InChI=1S/C17H10F3N5/c18-17(19,20)15-23-16-22-13(11-5-2-1-3-6-11)9-14(25(16)24-15)12-7-4-8-21-10-12/h1-10H. The molecule has 25 heavy (non-hydrogen) atoms. The summed E-state index contributed by atoms with van der Waals surface area (Å²) in [7, 11) is 0. The smallest absolute Gasteiger partial charge is 0.264 e. The fraction of sp³-hybridized carbons (Fsp3) is 0.0588. The Labute approximate surface area is 139 Å². The molecule has 0 amide bonds. The molecule has 0 saturated carbocycles. The van der Waals surface area contributed by atoms with Gasteiger partial charge in [-0.1, -0.05) is 30.3 Å². The van der Waals surface area contributed by atoms with Crippen LogP contribution >= 0.6 is 0 Å². The fourth-order valence-electron chi connectivity index (χ4n) is 2.47. The van der Waals surface area contributed by atoms with E-state index in [-0.39, 0.29) is 5.78 Å². The van der Waals surface area contributed by atoms with E-state index in [2.05, 4.69) is 20.1 Å². The van der Waals surface area contributed by atoms with Crippen LogP contribution in [0.15, 0.2) is 60.9 Å². The quantitative estimate of drug-likeness (QED) is 0.555. The first-order chi connectivity index (χ1) is 12.0. The van der Waals surface area contributed by atoms with Gasteiger partial charge in [-0.25, -0.2) is 4.98 Å². The number of hydrogen-bond acceptors (Lipinski definition) is 4. The SMILES string of the molecule is FC(F)(F)c1nc2nc(-c3ccccc3)cc(-c3cccnc3)n2n1. The first-order valence-corrected chi connectivity index (χ1v) is 7.33. The average Bonchev–Trinajstić information content (AvgIpc) is 3.07. The number of aromatic nitrogens is 5. The number of fused-ring (bicyclic) bond motifs is 1. The van der Waals surface area contributed by atoms with E-state index in [4.69, 9.17) is 0 Å². The molecule has 124 valence electrons. The Morgan fingerprint density at radius 1 is 0.880 bits per heavy atom. The highest BCUT2D eigenvalue weighted by molar-refractivity contribution is 5.70. The molecule has 0 aliphatic rings. The maximum Gasteiger partial charge on any atom is 0.453 e. The largest absolute Gasteiger partial charge is 0.453 e. The maximum absolute atomic E-state index is 13.0. The Morgan fingerprint density at radius 3 is 2.32 bits per heavy atom. The Hall–Kier alpha value is -3.29. The van der Waals surface area contributed by atoms with Crippen LogP contribution in [0.5, 0.6) is 0 Å². The van der Waals surface area contributed by atoms with Gasteiger partial charge >= 0.3 is 6.18 Å². The molecule has 4 aromatic rings. The third-order valence-electron chi connectivity index (χ3n) is 3.59. The van der Waals surface area contributed by atoms with Crippen molar-refractivity contribution in [1.29, 1.82) is 0 Å². The molecule has 0 spiro atoms. The lowest BCUT2D eigenvalue weighted by molar-refractivity contribution is -0.144. The molecule has 0 N–H and O–H groups in total. The summed E-state index contributed by atoms with van der Waals surface area (Å²) in [5.74, 6) is -1.34. The van der Waals surface area contributed by atoms with Crippen LogP contribution in [0.3, 0.4) is 0 Å². The summed E-state index contributed by atoms with van der Waals surface area (Å²) in [6, 6.07) is 14.3. The van der Waals surface area contributed by atoms with E-state index >= 15 is 0 Å². The minimum atomic E-state index is -4.65. The Morgan fingerprint density at radius 2 is 1.64 bits per heavy atom. The van der Waals surface area contributed by atoms with E-state index in [0.717, 1.165) is 10.1 Å². The van der Waals surface area contributed by atoms with Gasteiger partial charge in [-0.15, -0.1) is 5.10 Å². The normalized spacial score (nSPS) is 11.8. The Balaban J connectivity index is 2.01. The van der Waals surface area contributed by atoms with Crippen molar-refractivity contribution in [2.75, 3.05) is 0 Å². The lowest BCUT2D eigenvalue weighted by Crippen LogP contribution is -2.08. The van der Waals surface area contributed by atoms with Crippen LogP contribution < -0.4 is 0 Å². The van der Waals surface area contributed by atoms with Gasteiger partial charge in [0, 0.05) is 23.5 Å². The number of benzene rings is 1. The minimum absolute atomic E-state index is 0.118. The van der Waals surface area contributed by atoms with Crippen molar-refractivity contribution in [1.82, 2.24) is 24.6 Å². The summed E-state index contributed by atoms with van der Waals surface area (Å²) in [5, 5.41) is 3.59. The molecule has 0 saturated heterocycles. The number of pyridine rings is 1. The molecule has 3 heterocycles. The number of halogens is 3. The molecule has 4 rings (SSSR count). The van der Waals surface area contributed by atoms with Crippen LogP contribution in [-0.4, -0.2) is 24.6 Å². The van der Waals surface area contributed by atoms with Crippen LogP contribution in [0.4, 0.5) is 13.2 Å². The summed E-state index contributed by atoms with van der Waals surface area (Å²) in [5.41, 5.74) is 2.32. The molecule has 0 unspecified atom stereocenters. The molecule has 0 atom stereocenters. The van der Waals surface area contributed by atoms with Gasteiger partial charge in [0.1, 0.15) is 0 Å². The van der Waals surface area contributed by atoms with Crippen LogP contribution in [-0.2, 0) is 6.18 Å². The second-order valence-corrected chi connectivity index (χ2v) is 5.28. The van der Waals surface area contributed by atoms with E-state index in [0.29, 0.717) is 17.0 Å². The highest BCUT2D eigenvalue weighted by Crippen LogP contribution is 2.29. The predicted octanol–water partition coefficient (Wildman–Crippen LogP) is 3.87. The summed E-state index contributed by atoms with van der Waals surface area (Å²) in [6.45, 7) is 0. The van der Waals surface area contributed by atoms with Crippen molar-refractivity contribution >= 4 is 5.78 Å². The molecule has 0 aliphatic heterocycles. The third kappa shape index (κ3) is 2.82. The number of alkyl halides is 3. The lowest BCUT2D eigenvalue weighted by Gasteiger charge is -2.07. The van der Waals surface area contributed by atoms with E-state index in [1.54, 1.807) is 30.6 Å². The second-order valence-electron chi connectivity index (χ2n) is 5.28. The zero-order valence-electron chi connectivity index (χ0n) is 12.6. The summed E-state index contributed by atoms with van der Waals surface area (Å²) < 4.78 is 40.1. The Kier molecular flexibility index (Phi) is 3.45. The molecular formula is C17H10F3N5. The van der Waals surface area contributed by atoms with E-state index in [9.17, 15) is 13.2 Å². The molecule has 0 radical (unpaired) electrons. The lowest BCUT2D eigenvalue weighted by atomic mass is 10.1. The van der Waals surface area contributed by atoms with E-state index in [1.165, 1.54) is 0 Å². The Bertz CT molecular complexity index is 1030. The van der Waals surface area contributed by atoms with Crippen molar-refractivity contribution in [3.8, 4) is 22.5 Å². The molecule has 0 aliphatic carbocycles. The van der Waals surface area contributed by atoms with E-state index in [1.807, 2.05) is 30.3 Å². The van der Waals surface area contributed by atoms with Gasteiger partial charge in [-0.05, 0) is 18.2 Å². The van der Waals surface area contributed by atoms with Crippen molar-refractivity contribution in [2.45, 2.75) is 6.18 Å². The van der Waals surface area contributed by atoms with Crippen molar-refractivity contribution in [2.24, 2.45) is 0 Å². The van der Waals surface area contributed by atoms with Gasteiger partial charge in [0.25, 0.3) is 11.6 Å². The van der Waals surface area contributed by atoms with Crippen molar-refractivity contribution in [3.63, 3.8) is 0 Å². The average molecular weight is 341 g/mol. The van der Waals surface area contributed by atoms with Crippen LogP contribution in [0.25, 0.3) is 28.3 Å². The monoisotopic (exact) mass is 341 g/mol. The highest BCUT2D eigenvalue weighted by Gasteiger charge is 2.37. The zero-order chi connectivity index (χ0) is 17.4.